The molecule has 0 spiro atoms. The molecule has 0 atom stereocenters. The summed E-state index contributed by atoms with van der Waals surface area (Å²) >= 11 is 0. The standard InChI is InChI=1S/C10H10N/c1-7-3-4-10-9(8(7)2)5-6-11-10/h3-5,11H,1-2H3. The molecule has 0 saturated heterocycles. The van der Waals surface area contributed by atoms with Crippen LogP contribution < -0.4 is 0 Å². The normalized spacial score (nSPS) is 10.7. The first-order valence-corrected chi connectivity index (χ1v) is 3.74. The topological polar surface area (TPSA) is 15.8 Å². The maximum atomic E-state index is 3.06. The van der Waals surface area contributed by atoms with E-state index >= 15 is 0 Å². The first-order valence-electron chi connectivity index (χ1n) is 3.74. The molecular formula is C10H10N. The predicted octanol–water partition coefficient (Wildman–Crippen LogP) is 2.58. The Kier molecular flexibility index (Phi) is 1.25. The molecule has 55 valence electrons. The monoisotopic (exact) mass is 144 g/mol. The van der Waals surface area contributed by atoms with Crippen molar-refractivity contribution in [3.05, 3.63) is 35.5 Å². The Morgan fingerprint density at radius 1 is 1.27 bits per heavy atom. The van der Waals surface area contributed by atoms with Crippen LogP contribution in [0.1, 0.15) is 11.1 Å². The summed E-state index contributed by atoms with van der Waals surface area (Å²) in [4.78, 5) is 3.06. The number of aromatic nitrogens is 1. The molecule has 11 heavy (non-hydrogen) atoms. The summed E-state index contributed by atoms with van der Waals surface area (Å²) in [6, 6.07) is 6.22. The van der Waals surface area contributed by atoms with Gasteiger partial charge in [-0.25, -0.2) is 0 Å². The zero-order valence-corrected chi connectivity index (χ0v) is 6.73. The Morgan fingerprint density at radius 2 is 2.09 bits per heavy atom. The highest BCUT2D eigenvalue weighted by Crippen LogP contribution is 2.19. The third-order valence-electron chi connectivity index (χ3n) is 2.21. The van der Waals surface area contributed by atoms with Gasteiger partial charge in [0.05, 0.1) is 6.20 Å². The van der Waals surface area contributed by atoms with Gasteiger partial charge in [0, 0.05) is 10.9 Å². The first kappa shape index (κ1) is 6.47. The van der Waals surface area contributed by atoms with Crippen LogP contribution in [0.4, 0.5) is 0 Å². The van der Waals surface area contributed by atoms with Crippen molar-refractivity contribution in [2.45, 2.75) is 13.8 Å². The molecule has 0 bridgehead atoms. The molecule has 1 N–H and O–H groups in total. The van der Waals surface area contributed by atoms with E-state index in [1.165, 1.54) is 22.0 Å². The van der Waals surface area contributed by atoms with Gasteiger partial charge in [-0.05, 0) is 37.1 Å². The van der Waals surface area contributed by atoms with Crippen molar-refractivity contribution in [1.82, 2.24) is 4.98 Å². The van der Waals surface area contributed by atoms with Crippen LogP contribution in [0.3, 0.4) is 0 Å². The number of fused-ring (bicyclic) bond motifs is 1. The third kappa shape index (κ3) is 0.845. The molecule has 0 amide bonds. The summed E-state index contributed by atoms with van der Waals surface area (Å²) < 4.78 is 0. The smallest absolute Gasteiger partial charge is 0.0630 e. The van der Waals surface area contributed by atoms with Crippen molar-refractivity contribution in [2.75, 3.05) is 0 Å². The average molecular weight is 144 g/mol. The summed E-state index contributed by atoms with van der Waals surface area (Å²) in [5.41, 5.74) is 3.86. The maximum Gasteiger partial charge on any atom is 0.0630 e. The van der Waals surface area contributed by atoms with Crippen LogP contribution in [-0.4, -0.2) is 4.98 Å². The fourth-order valence-electron chi connectivity index (χ4n) is 1.32. The summed E-state index contributed by atoms with van der Waals surface area (Å²) in [6.07, 6.45) is 2.98. The Labute approximate surface area is 66.1 Å². The number of H-pyrrole nitrogens is 1. The molecule has 0 unspecified atom stereocenters. The quantitative estimate of drug-likeness (QED) is 0.585. The van der Waals surface area contributed by atoms with Gasteiger partial charge in [-0.2, -0.15) is 0 Å². The van der Waals surface area contributed by atoms with Gasteiger partial charge >= 0.3 is 0 Å². The number of aryl methyl sites for hydroxylation is 2. The Hall–Kier alpha value is -1.24. The SMILES string of the molecule is Cc1ccc2[nH][c]cc2c1C. The van der Waals surface area contributed by atoms with Crippen molar-refractivity contribution in [3.8, 4) is 0 Å². The second-order valence-corrected chi connectivity index (χ2v) is 2.88. The number of nitrogens with one attached hydrogen (secondary N) is 1. The molecule has 0 fully saturated rings. The van der Waals surface area contributed by atoms with E-state index in [2.05, 4.69) is 37.2 Å². The van der Waals surface area contributed by atoms with Crippen LogP contribution in [0.15, 0.2) is 18.2 Å². The van der Waals surface area contributed by atoms with E-state index in [-0.39, 0.29) is 0 Å². The molecule has 0 saturated carbocycles. The molecule has 1 aromatic heterocycles. The maximum absolute atomic E-state index is 3.06. The van der Waals surface area contributed by atoms with Gasteiger partial charge in [-0.15, -0.1) is 0 Å². The van der Waals surface area contributed by atoms with Crippen LogP contribution in [0.2, 0.25) is 0 Å². The minimum absolute atomic E-state index is 1.17. The van der Waals surface area contributed by atoms with Gasteiger partial charge in [0.15, 0.2) is 0 Å². The lowest BCUT2D eigenvalue weighted by molar-refractivity contribution is 1.37. The molecular weight excluding hydrogens is 134 g/mol. The predicted molar refractivity (Wildman–Crippen MR) is 46.6 cm³/mol. The second kappa shape index (κ2) is 2.12. The number of benzene rings is 1. The lowest BCUT2D eigenvalue weighted by atomic mass is 10.1. The van der Waals surface area contributed by atoms with E-state index < -0.39 is 0 Å². The van der Waals surface area contributed by atoms with Gasteiger partial charge in [0.1, 0.15) is 0 Å². The van der Waals surface area contributed by atoms with E-state index in [1.54, 1.807) is 0 Å². The molecule has 0 aliphatic carbocycles. The van der Waals surface area contributed by atoms with E-state index in [0.717, 1.165) is 0 Å². The second-order valence-electron chi connectivity index (χ2n) is 2.88. The van der Waals surface area contributed by atoms with Crippen LogP contribution in [0.5, 0.6) is 0 Å². The summed E-state index contributed by atoms with van der Waals surface area (Å²) in [5.74, 6) is 0. The number of hydrogen-bond donors (Lipinski definition) is 1. The number of aromatic amines is 1. The third-order valence-corrected chi connectivity index (χ3v) is 2.21. The highest BCUT2D eigenvalue weighted by molar-refractivity contribution is 5.83. The van der Waals surface area contributed by atoms with Crippen LogP contribution in [-0.2, 0) is 0 Å². The van der Waals surface area contributed by atoms with Crippen molar-refractivity contribution < 1.29 is 0 Å². The zero-order valence-electron chi connectivity index (χ0n) is 6.73. The van der Waals surface area contributed by atoms with E-state index in [9.17, 15) is 0 Å². The molecule has 2 rings (SSSR count). The van der Waals surface area contributed by atoms with Gasteiger partial charge in [-0.3, -0.25) is 0 Å². The molecule has 1 heterocycles. The van der Waals surface area contributed by atoms with Crippen molar-refractivity contribution in [2.24, 2.45) is 0 Å². The Bertz CT molecular complexity index is 385. The fourth-order valence-corrected chi connectivity index (χ4v) is 1.32. The minimum Gasteiger partial charge on any atom is -0.353 e. The summed E-state index contributed by atoms with van der Waals surface area (Å²) in [5, 5.41) is 1.28. The molecule has 1 aromatic carbocycles. The highest BCUT2D eigenvalue weighted by Gasteiger charge is 1.99. The number of hydrogen-bond acceptors (Lipinski definition) is 0. The fraction of sp³-hybridized carbons (Fsp3) is 0.200. The molecule has 1 heteroatoms. The van der Waals surface area contributed by atoms with Gasteiger partial charge in [0.2, 0.25) is 0 Å². The number of rotatable bonds is 0. The zero-order chi connectivity index (χ0) is 7.84. The minimum atomic E-state index is 1.17. The van der Waals surface area contributed by atoms with E-state index in [4.69, 9.17) is 0 Å². The summed E-state index contributed by atoms with van der Waals surface area (Å²) in [7, 11) is 0. The molecule has 0 aliphatic rings. The van der Waals surface area contributed by atoms with E-state index in [0.29, 0.717) is 0 Å². The Balaban J connectivity index is 2.93. The highest BCUT2D eigenvalue weighted by atomic mass is 14.7. The lowest BCUT2D eigenvalue weighted by Gasteiger charge is -1.99. The largest absolute Gasteiger partial charge is 0.353 e. The average Bonchev–Trinajstić information content (AvgIpc) is 2.45. The molecule has 1 radical (unpaired) electrons. The van der Waals surface area contributed by atoms with Gasteiger partial charge in [0.25, 0.3) is 0 Å². The van der Waals surface area contributed by atoms with Crippen LogP contribution >= 0.6 is 0 Å². The van der Waals surface area contributed by atoms with Crippen LogP contribution in [0, 0.1) is 20.0 Å². The Morgan fingerprint density at radius 3 is 2.91 bits per heavy atom. The molecule has 2 aromatic rings. The van der Waals surface area contributed by atoms with Crippen molar-refractivity contribution in [3.63, 3.8) is 0 Å². The summed E-state index contributed by atoms with van der Waals surface area (Å²) in [6.45, 7) is 4.27. The van der Waals surface area contributed by atoms with Gasteiger partial charge in [-0.1, -0.05) is 6.07 Å². The van der Waals surface area contributed by atoms with Gasteiger partial charge < -0.3 is 4.98 Å². The lowest BCUT2D eigenvalue weighted by Crippen LogP contribution is -1.79. The molecule has 0 aliphatic heterocycles. The first-order chi connectivity index (χ1) is 5.29. The van der Waals surface area contributed by atoms with E-state index in [1.807, 2.05) is 6.07 Å². The van der Waals surface area contributed by atoms with Crippen molar-refractivity contribution >= 4 is 10.9 Å². The van der Waals surface area contributed by atoms with Crippen molar-refractivity contribution in [1.29, 1.82) is 0 Å². The molecule has 1 nitrogen and oxygen atoms in total. The van der Waals surface area contributed by atoms with Crippen LogP contribution in [0.25, 0.3) is 10.9 Å².